The number of hydrogen-bond acceptors (Lipinski definition) is 3. The zero-order valence-corrected chi connectivity index (χ0v) is 13.9. The fourth-order valence-electron chi connectivity index (χ4n) is 2.72. The third kappa shape index (κ3) is 3.84. The van der Waals surface area contributed by atoms with Crippen LogP contribution in [0.5, 0.6) is 0 Å². The highest BCUT2D eigenvalue weighted by atomic mass is 79.9. The van der Waals surface area contributed by atoms with Crippen LogP contribution in [0, 0.1) is 11.8 Å². The van der Waals surface area contributed by atoms with Crippen molar-refractivity contribution in [2.45, 2.75) is 33.1 Å². The van der Waals surface area contributed by atoms with Gasteiger partial charge in [-0.05, 0) is 59.8 Å². The first kappa shape index (κ1) is 16.0. The number of amides is 1. The molecule has 21 heavy (non-hydrogen) atoms. The SMILES string of the molecule is CCOC(=O)c1ccc(NC(=O)C2CCCC2C)c(Br)c1. The van der Waals surface area contributed by atoms with Crippen LogP contribution in [0.2, 0.25) is 0 Å². The van der Waals surface area contributed by atoms with Gasteiger partial charge in [0.25, 0.3) is 0 Å². The molecule has 1 saturated carbocycles. The predicted octanol–water partition coefficient (Wildman–Crippen LogP) is 4.00. The third-order valence-electron chi connectivity index (χ3n) is 3.94. The molecule has 1 amide bonds. The van der Waals surface area contributed by atoms with Crippen molar-refractivity contribution in [2.75, 3.05) is 11.9 Å². The number of carbonyl (C=O) groups excluding carboxylic acids is 2. The molecule has 2 atom stereocenters. The van der Waals surface area contributed by atoms with Gasteiger partial charge in [-0.2, -0.15) is 0 Å². The summed E-state index contributed by atoms with van der Waals surface area (Å²) in [6, 6.07) is 5.07. The van der Waals surface area contributed by atoms with Crippen LogP contribution in [0.4, 0.5) is 5.69 Å². The Balaban J connectivity index is 2.07. The molecule has 1 fully saturated rings. The normalized spacial score (nSPS) is 21.1. The number of carbonyl (C=O) groups is 2. The summed E-state index contributed by atoms with van der Waals surface area (Å²) < 4.78 is 5.64. The number of halogens is 1. The maximum absolute atomic E-state index is 12.3. The van der Waals surface area contributed by atoms with Crippen LogP contribution in [0.25, 0.3) is 0 Å². The van der Waals surface area contributed by atoms with E-state index in [1.54, 1.807) is 25.1 Å². The minimum atomic E-state index is -0.361. The summed E-state index contributed by atoms with van der Waals surface area (Å²) >= 11 is 3.40. The van der Waals surface area contributed by atoms with Crippen LogP contribution < -0.4 is 5.32 Å². The van der Waals surface area contributed by atoms with Gasteiger partial charge in [-0.3, -0.25) is 4.79 Å². The van der Waals surface area contributed by atoms with Gasteiger partial charge in [0, 0.05) is 10.4 Å². The number of hydrogen-bond donors (Lipinski definition) is 1. The molecule has 0 bridgehead atoms. The van der Waals surface area contributed by atoms with Crippen molar-refractivity contribution in [3.63, 3.8) is 0 Å². The van der Waals surface area contributed by atoms with Crippen molar-refractivity contribution in [1.29, 1.82) is 0 Å². The van der Waals surface area contributed by atoms with Crippen LogP contribution in [-0.2, 0) is 9.53 Å². The molecule has 4 nitrogen and oxygen atoms in total. The summed E-state index contributed by atoms with van der Waals surface area (Å²) in [6.07, 6.45) is 3.18. The highest BCUT2D eigenvalue weighted by molar-refractivity contribution is 9.10. The molecular weight excluding hydrogens is 334 g/mol. The monoisotopic (exact) mass is 353 g/mol. The van der Waals surface area contributed by atoms with Crippen molar-refractivity contribution < 1.29 is 14.3 Å². The van der Waals surface area contributed by atoms with E-state index in [0.29, 0.717) is 28.2 Å². The molecule has 1 aromatic carbocycles. The third-order valence-corrected chi connectivity index (χ3v) is 4.59. The van der Waals surface area contributed by atoms with E-state index < -0.39 is 0 Å². The standard InChI is InChI=1S/C16H20BrNO3/c1-3-21-16(20)11-7-8-14(13(17)9-11)18-15(19)12-6-4-5-10(12)2/h7-10,12H,3-6H2,1-2H3,(H,18,19). The average Bonchev–Trinajstić information content (AvgIpc) is 2.87. The van der Waals surface area contributed by atoms with Crippen LogP contribution in [0.1, 0.15) is 43.5 Å². The summed E-state index contributed by atoms with van der Waals surface area (Å²) in [5.41, 5.74) is 1.16. The highest BCUT2D eigenvalue weighted by Gasteiger charge is 2.29. The van der Waals surface area contributed by atoms with Gasteiger partial charge >= 0.3 is 5.97 Å². The van der Waals surface area contributed by atoms with Gasteiger partial charge in [0.2, 0.25) is 5.91 Å². The van der Waals surface area contributed by atoms with Gasteiger partial charge in [-0.1, -0.05) is 13.3 Å². The van der Waals surface area contributed by atoms with E-state index in [4.69, 9.17) is 4.74 Å². The lowest BCUT2D eigenvalue weighted by Crippen LogP contribution is -2.24. The maximum atomic E-state index is 12.3. The smallest absolute Gasteiger partial charge is 0.338 e. The number of ether oxygens (including phenoxy) is 1. The Hall–Kier alpha value is -1.36. The molecule has 1 aromatic rings. The number of esters is 1. The second-order valence-corrected chi connectivity index (χ2v) is 6.27. The summed E-state index contributed by atoms with van der Waals surface area (Å²) in [4.78, 5) is 23.9. The van der Waals surface area contributed by atoms with Gasteiger partial charge in [0.1, 0.15) is 0 Å². The van der Waals surface area contributed by atoms with Crippen molar-refractivity contribution in [3.05, 3.63) is 28.2 Å². The van der Waals surface area contributed by atoms with Crippen molar-refractivity contribution in [3.8, 4) is 0 Å². The first-order valence-corrected chi connectivity index (χ1v) is 8.09. The van der Waals surface area contributed by atoms with Crippen molar-refractivity contribution in [1.82, 2.24) is 0 Å². The van der Waals surface area contributed by atoms with Gasteiger partial charge in [-0.25, -0.2) is 4.79 Å². The van der Waals surface area contributed by atoms with Gasteiger partial charge < -0.3 is 10.1 Å². The van der Waals surface area contributed by atoms with E-state index in [-0.39, 0.29) is 17.8 Å². The Morgan fingerprint density at radius 3 is 2.71 bits per heavy atom. The predicted molar refractivity (Wildman–Crippen MR) is 85.2 cm³/mol. The van der Waals surface area contributed by atoms with E-state index in [1.165, 1.54) is 0 Å². The quantitative estimate of drug-likeness (QED) is 0.832. The number of nitrogens with one attached hydrogen (secondary N) is 1. The number of benzene rings is 1. The van der Waals surface area contributed by atoms with Crippen molar-refractivity contribution in [2.24, 2.45) is 11.8 Å². The molecule has 2 rings (SSSR count). The molecule has 1 aliphatic carbocycles. The molecule has 2 unspecified atom stereocenters. The second-order valence-electron chi connectivity index (χ2n) is 5.42. The van der Waals surface area contributed by atoms with Crippen LogP contribution in [0.15, 0.2) is 22.7 Å². The summed E-state index contributed by atoms with van der Waals surface area (Å²) in [6.45, 7) is 4.23. The van der Waals surface area contributed by atoms with Crippen LogP contribution >= 0.6 is 15.9 Å². The topological polar surface area (TPSA) is 55.4 Å². The Morgan fingerprint density at radius 1 is 1.38 bits per heavy atom. The summed E-state index contributed by atoms with van der Waals surface area (Å²) in [5, 5.41) is 2.94. The number of rotatable bonds is 4. The molecule has 0 heterocycles. The van der Waals surface area contributed by atoms with Crippen LogP contribution in [0.3, 0.4) is 0 Å². The lowest BCUT2D eigenvalue weighted by atomic mass is 9.97. The first-order chi connectivity index (χ1) is 10.0. The summed E-state index contributed by atoms with van der Waals surface area (Å²) in [5.74, 6) is 0.217. The van der Waals surface area contributed by atoms with Gasteiger partial charge in [-0.15, -0.1) is 0 Å². The second kappa shape index (κ2) is 7.07. The zero-order chi connectivity index (χ0) is 15.4. The molecule has 0 spiro atoms. The van der Waals surface area contributed by atoms with Gasteiger partial charge in [0.15, 0.2) is 0 Å². The molecule has 0 radical (unpaired) electrons. The Kier molecular flexibility index (Phi) is 5.39. The average molecular weight is 354 g/mol. The lowest BCUT2D eigenvalue weighted by molar-refractivity contribution is -0.120. The minimum Gasteiger partial charge on any atom is -0.462 e. The number of anilines is 1. The molecule has 0 saturated heterocycles. The fraction of sp³-hybridized carbons (Fsp3) is 0.500. The van der Waals surface area contributed by atoms with Crippen molar-refractivity contribution >= 4 is 33.5 Å². The molecule has 114 valence electrons. The highest BCUT2D eigenvalue weighted by Crippen LogP contribution is 2.33. The molecule has 1 aliphatic rings. The molecular formula is C16H20BrNO3. The first-order valence-electron chi connectivity index (χ1n) is 7.30. The molecule has 1 N–H and O–H groups in total. The Morgan fingerprint density at radius 2 is 2.14 bits per heavy atom. The lowest BCUT2D eigenvalue weighted by Gasteiger charge is -2.16. The van der Waals surface area contributed by atoms with E-state index in [1.807, 2.05) is 0 Å². The fourth-order valence-corrected chi connectivity index (χ4v) is 3.20. The van der Waals surface area contributed by atoms with E-state index in [2.05, 4.69) is 28.2 Å². The maximum Gasteiger partial charge on any atom is 0.338 e. The van der Waals surface area contributed by atoms with E-state index >= 15 is 0 Å². The largest absolute Gasteiger partial charge is 0.462 e. The van der Waals surface area contributed by atoms with E-state index in [9.17, 15) is 9.59 Å². The summed E-state index contributed by atoms with van der Waals surface area (Å²) in [7, 11) is 0. The van der Waals surface area contributed by atoms with Crippen LogP contribution in [-0.4, -0.2) is 18.5 Å². The molecule has 0 aliphatic heterocycles. The minimum absolute atomic E-state index is 0.0598. The van der Waals surface area contributed by atoms with Gasteiger partial charge in [0.05, 0.1) is 17.9 Å². The Labute approximate surface area is 133 Å². The van der Waals surface area contributed by atoms with E-state index in [0.717, 1.165) is 19.3 Å². The Bertz CT molecular complexity index is 544. The molecule has 5 heteroatoms. The zero-order valence-electron chi connectivity index (χ0n) is 12.3. The molecule has 0 aromatic heterocycles.